The lowest BCUT2D eigenvalue weighted by atomic mass is 9.92. The van der Waals surface area contributed by atoms with Crippen LogP contribution in [0.4, 0.5) is 4.79 Å². The third-order valence-corrected chi connectivity index (χ3v) is 4.17. The van der Waals surface area contributed by atoms with Gasteiger partial charge in [-0.25, -0.2) is 4.79 Å². The second kappa shape index (κ2) is 6.76. The fraction of sp³-hybridized carbons (Fsp3) is 0.400. The van der Waals surface area contributed by atoms with Gasteiger partial charge in [0.25, 0.3) is 5.91 Å². The van der Waals surface area contributed by atoms with E-state index in [0.29, 0.717) is 17.1 Å². The van der Waals surface area contributed by atoms with E-state index in [1.165, 1.54) is 6.07 Å². The van der Waals surface area contributed by atoms with Crippen molar-refractivity contribution in [3.63, 3.8) is 0 Å². The van der Waals surface area contributed by atoms with Gasteiger partial charge in [-0.1, -0.05) is 36.2 Å². The van der Waals surface area contributed by atoms with E-state index >= 15 is 0 Å². The third kappa shape index (κ3) is 3.43. The largest absolute Gasteiger partial charge is 0.355 e. The van der Waals surface area contributed by atoms with Crippen molar-refractivity contribution in [2.24, 2.45) is 0 Å². The quantitative estimate of drug-likeness (QED) is 0.793. The van der Waals surface area contributed by atoms with Crippen molar-refractivity contribution in [1.29, 1.82) is 0 Å². The van der Waals surface area contributed by atoms with E-state index in [1.807, 2.05) is 6.92 Å². The van der Waals surface area contributed by atoms with Crippen molar-refractivity contribution >= 4 is 41.0 Å². The zero-order valence-electron chi connectivity index (χ0n) is 12.8. The van der Waals surface area contributed by atoms with Gasteiger partial charge in [-0.05, 0) is 25.5 Å². The topological polar surface area (TPSA) is 78.5 Å². The summed E-state index contributed by atoms with van der Waals surface area (Å²) in [6, 6.07) is 4.04. The fourth-order valence-corrected chi connectivity index (χ4v) is 2.98. The van der Waals surface area contributed by atoms with Crippen LogP contribution in [0.2, 0.25) is 10.0 Å². The summed E-state index contributed by atoms with van der Waals surface area (Å²) in [5, 5.41) is 5.92. The highest BCUT2D eigenvalue weighted by Crippen LogP contribution is 2.34. The summed E-state index contributed by atoms with van der Waals surface area (Å²) in [4.78, 5) is 37.4. The van der Waals surface area contributed by atoms with Gasteiger partial charge < -0.3 is 10.6 Å². The van der Waals surface area contributed by atoms with Crippen LogP contribution >= 0.6 is 23.2 Å². The highest BCUT2D eigenvalue weighted by atomic mass is 35.5. The highest BCUT2D eigenvalue weighted by molar-refractivity contribution is 6.35. The number of carbonyl (C=O) groups excluding carboxylic acids is 3. The molecule has 1 fully saturated rings. The number of nitrogens with zero attached hydrogens (tertiary/aromatic N) is 1. The molecule has 23 heavy (non-hydrogen) atoms. The maximum Gasteiger partial charge on any atom is 0.325 e. The number of imide groups is 1. The molecule has 0 radical (unpaired) electrons. The number of hydrogen-bond donors (Lipinski definition) is 2. The lowest BCUT2D eigenvalue weighted by Gasteiger charge is -2.23. The SMILES string of the molecule is CCCNC(=O)CN1C(=O)N[C@@](C)(c2ccc(Cl)cc2Cl)C1=O. The molecule has 2 rings (SSSR count). The molecule has 0 aromatic heterocycles. The summed E-state index contributed by atoms with van der Waals surface area (Å²) in [7, 11) is 0. The lowest BCUT2D eigenvalue weighted by molar-refractivity contribution is -0.134. The molecule has 1 aromatic rings. The Balaban J connectivity index is 2.24. The Morgan fingerprint density at radius 3 is 2.65 bits per heavy atom. The van der Waals surface area contributed by atoms with Gasteiger partial charge >= 0.3 is 6.03 Å². The molecule has 2 N–H and O–H groups in total. The van der Waals surface area contributed by atoms with E-state index in [9.17, 15) is 14.4 Å². The molecule has 0 bridgehead atoms. The minimum atomic E-state index is -1.33. The molecule has 1 aliphatic heterocycles. The highest BCUT2D eigenvalue weighted by Gasteiger charge is 2.50. The first-order chi connectivity index (χ1) is 10.8. The van der Waals surface area contributed by atoms with Gasteiger partial charge in [0.2, 0.25) is 5.91 Å². The van der Waals surface area contributed by atoms with E-state index in [-0.39, 0.29) is 17.5 Å². The molecule has 0 saturated carbocycles. The molecule has 1 heterocycles. The molecule has 1 atom stereocenters. The van der Waals surface area contributed by atoms with Crippen LogP contribution in [-0.2, 0) is 15.1 Å². The standard InChI is InChI=1S/C15H17Cl2N3O3/c1-3-6-18-12(21)8-20-13(22)15(2,19-14(20)23)10-5-4-9(16)7-11(10)17/h4-5,7H,3,6,8H2,1-2H3,(H,18,21)(H,19,23)/t15-/m0/s1. The zero-order valence-corrected chi connectivity index (χ0v) is 14.3. The Morgan fingerprint density at radius 2 is 2.04 bits per heavy atom. The predicted molar refractivity (Wildman–Crippen MR) is 87.4 cm³/mol. The average Bonchev–Trinajstić information content (AvgIpc) is 2.69. The first-order valence-corrected chi connectivity index (χ1v) is 7.91. The number of carbonyl (C=O) groups is 3. The molecule has 0 spiro atoms. The lowest BCUT2D eigenvalue weighted by Crippen LogP contribution is -2.43. The van der Waals surface area contributed by atoms with Gasteiger partial charge in [0.15, 0.2) is 0 Å². The van der Waals surface area contributed by atoms with Gasteiger partial charge in [0.05, 0.1) is 0 Å². The summed E-state index contributed by atoms with van der Waals surface area (Å²) < 4.78 is 0. The fourth-order valence-electron chi connectivity index (χ4n) is 2.38. The van der Waals surface area contributed by atoms with Crippen molar-refractivity contribution in [3.05, 3.63) is 33.8 Å². The number of rotatable bonds is 5. The summed E-state index contributed by atoms with van der Waals surface area (Å²) in [5.74, 6) is -0.917. The predicted octanol–water partition coefficient (Wildman–Crippen LogP) is 2.29. The maximum absolute atomic E-state index is 12.7. The summed E-state index contributed by atoms with van der Waals surface area (Å²) in [5.41, 5.74) is -0.901. The van der Waals surface area contributed by atoms with Crippen LogP contribution in [0, 0.1) is 0 Å². The number of amides is 4. The second-order valence-electron chi connectivity index (χ2n) is 5.42. The average molecular weight is 358 g/mol. The van der Waals surface area contributed by atoms with Gasteiger partial charge in [0.1, 0.15) is 12.1 Å². The number of urea groups is 1. The summed E-state index contributed by atoms with van der Waals surface area (Å²) in [6.45, 7) is 3.62. The molecule has 124 valence electrons. The van der Waals surface area contributed by atoms with Crippen LogP contribution in [0.25, 0.3) is 0 Å². The monoisotopic (exact) mass is 357 g/mol. The molecule has 1 saturated heterocycles. The van der Waals surface area contributed by atoms with Gasteiger partial charge in [-0.15, -0.1) is 0 Å². The van der Waals surface area contributed by atoms with E-state index in [4.69, 9.17) is 23.2 Å². The van der Waals surface area contributed by atoms with Crippen LogP contribution in [-0.4, -0.2) is 35.8 Å². The number of hydrogen-bond acceptors (Lipinski definition) is 3. The normalized spacial score (nSPS) is 20.6. The van der Waals surface area contributed by atoms with E-state index in [0.717, 1.165) is 11.3 Å². The van der Waals surface area contributed by atoms with Crippen LogP contribution in [0.1, 0.15) is 25.8 Å². The minimum Gasteiger partial charge on any atom is -0.355 e. The molecule has 1 aliphatic rings. The van der Waals surface area contributed by atoms with E-state index < -0.39 is 17.5 Å². The summed E-state index contributed by atoms with van der Waals surface area (Å²) >= 11 is 12.0. The molecule has 4 amide bonds. The van der Waals surface area contributed by atoms with Crippen molar-refractivity contribution < 1.29 is 14.4 Å². The Morgan fingerprint density at radius 1 is 1.35 bits per heavy atom. The first-order valence-electron chi connectivity index (χ1n) is 7.16. The minimum absolute atomic E-state index is 0.269. The van der Waals surface area contributed by atoms with Crippen LogP contribution in [0.15, 0.2) is 18.2 Å². The van der Waals surface area contributed by atoms with E-state index in [1.54, 1.807) is 19.1 Å². The molecular weight excluding hydrogens is 341 g/mol. The van der Waals surface area contributed by atoms with Gasteiger partial charge in [-0.3, -0.25) is 14.5 Å². The number of nitrogens with one attached hydrogen (secondary N) is 2. The molecular formula is C15H17Cl2N3O3. The molecule has 0 unspecified atom stereocenters. The Hall–Kier alpha value is -1.79. The smallest absolute Gasteiger partial charge is 0.325 e. The maximum atomic E-state index is 12.7. The van der Waals surface area contributed by atoms with Gasteiger partial charge in [0, 0.05) is 22.2 Å². The Labute approximate surface area is 144 Å². The van der Waals surface area contributed by atoms with Crippen molar-refractivity contribution in [2.75, 3.05) is 13.1 Å². The number of halogens is 2. The van der Waals surface area contributed by atoms with Gasteiger partial charge in [-0.2, -0.15) is 0 Å². The second-order valence-corrected chi connectivity index (χ2v) is 6.26. The zero-order chi connectivity index (χ0) is 17.2. The number of benzene rings is 1. The first kappa shape index (κ1) is 17.6. The Bertz CT molecular complexity index is 665. The molecule has 8 heteroatoms. The van der Waals surface area contributed by atoms with Crippen LogP contribution in [0.5, 0.6) is 0 Å². The van der Waals surface area contributed by atoms with Crippen molar-refractivity contribution in [3.8, 4) is 0 Å². The summed E-state index contributed by atoms with van der Waals surface area (Å²) in [6.07, 6.45) is 0.768. The third-order valence-electron chi connectivity index (χ3n) is 3.62. The van der Waals surface area contributed by atoms with Crippen LogP contribution in [0.3, 0.4) is 0 Å². The molecule has 1 aromatic carbocycles. The van der Waals surface area contributed by atoms with Crippen LogP contribution < -0.4 is 10.6 Å². The van der Waals surface area contributed by atoms with E-state index in [2.05, 4.69) is 10.6 Å². The van der Waals surface area contributed by atoms with Crippen molar-refractivity contribution in [2.45, 2.75) is 25.8 Å². The molecule has 0 aliphatic carbocycles. The Kier molecular flexibility index (Phi) is 5.16. The van der Waals surface area contributed by atoms with Crippen molar-refractivity contribution in [1.82, 2.24) is 15.5 Å². The molecule has 6 nitrogen and oxygen atoms in total.